The van der Waals surface area contributed by atoms with Crippen LogP contribution in [0.25, 0.3) is 0 Å². The molecule has 1 aromatic rings. The Labute approximate surface area is 125 Å². The summed E-state index contributed by atoms with van der Waals surface area (Å²) in [7, 11) is 1.16. The number of alkyl halides is 3. The smallest absolute Gasteiger partial charge is 0.372 e. The maximum atomic E-state index is 12.3. The first-order valence-corrected chi connectivity index (χ1v) is 8.53. The van der Waals surface area contributed by atoms with Crippen LogP contribution >= 0.6 is 10.7 Å². The number of ether oxygens (including phenoxy) is 1. The molecule has 0 saturated heterocycles. The number of hydrogen-bond acceptors (Lipinski definition) is 4. The third-order valence-electron chi connectivity index (χ3n) is 2.86. The van der Waals surface area contributed by atoms with E-state index in [9.17, 15) is 21.6 Å². The Kier molecular flexibility index (Phi) is 6.06. The molecule has 1 aromatic heterocycles. The molecule has 0 spiro atoms. The predicted molar refractivity (Wildman–Crippen MR) is 70.5 cm³/mol. The highest BCUT2D eigenvalue weighted by molar-refractivity contribution is 8.13. The van der Waals surface area contributed by atoms with E-state index in [2.05, 4.69) is 5.10 Å². The van der Waals surface area contributed by atoms with Crippen LogP contribution in [0, 0.1) is 0 Å². The summed E-state index contributed by atoms with van der Waals surface area (Å²) in [4.78, 5) is -0.324. The summed E-state index contributed by atoms with van der Waals surface area (Å²) in [5.74, 6) is 0. The Morgan fingerprint density at radius 2 is 2.10 bits per heavy atom. The van der Waals surface area contributed by atoms with E-state index in [0.717, 1.165) is 10.9 Å². The second-order valence-corrected chi connectivity index (χ2v) is 7.05. The van der Waals surface area contributed by atoms with Gasteiger partial charge in [0.1, 0.15) is 4.90 Å². The van der Waals surface area contributed by atoms with Gasteiger partial charge in [-0.1, -0.05) is 6.92 Å². The quantitative estimate of drug-likeness (QED) is 0.710. The molecule has 1 rings (SSSR count). The Balaban J connectivity index is 3.00. The normalized spacial score (nSPS) is 14.4. The third-order valence-corrected chi connectivity index (χ3v) is 4.22. The molecule has 0 saturated carbocycles. The summed E-state index contributed by atoms with van der Waals surface area (Å²) in [5, 5.41) is 3.66. The molecule has 0 N–H and O–H groups in total. The van der Waals surface area contributed by atoms with E-state index in [-0.39, 0.29) is 23.3 Å². The number of rotatable bonds is 7. The van der Waals surface area contributed by atoms with E-state index in [4.69, 9.17) is 15.4 Å². The van der Waals surface area contributed by atoms with Gasteiger partial charge in [0, 0.05) is 17.2 Å². The second-order valence-electron chi connectivity index (χ2n) is 4.51. The van der Waals surface area contributed by atoms with Crippen molar-refractivity contribution in [2.45, 2.75) is 57.0 Å². The van der Waals surface area contributed by atoms with Crippen LogP contribution in [-0.4, -0.2) is 30.5 Å². The molecule has 0 radical (unpaired) electrons. The Morgan fingerprint density at radius 1 is 1.48 bits per heavy atom. The highest BCUT2D eigenvalue weighted by Crippen LogP contribution is 2.24. The number of aryl methyl sites for hydroxylation is 1. The van der Waals surface area contributed by atoms with Gasteiger partial charge in [-0.2, -0.15) is 18.3 Å². The lowest BCUT2D eigenvalue weighted by atomic mass is 10.3. The monoisotopic (exact) mass is 348 g/mol. The van der Waals surface area contributed by atoms with Crippen LogP contribution in [0.4, 0.5) is 13.2 Å². The summed E-state index contributed by atoms with van der Waals surface area (Å²) in [5.41, 5.74) is 0.0227. The first-order valence-electron chi connectivity index (χ1n) is 6.22. The molecule has 21 heavy (non-hydrogen) atoms. The minimum absolute atomic E-state index is 0.0227. The molecule has 1 heterocycles. The van der Waals surface area contributed by atoms with Gasteiger partial charge in [0.25, 0.3) is 9.05 Å². The van der Waals surface area contributed by atoms with Crippen LogP contribution in [0.1, 0.15) is 32.4 Å². The summed E-state index contributed by atoms with van der Waals surface area (Å²) < 4.78 is 66.0. The highest BCUT2D eigenvalue weighted by atomic mass is 35.7. The molecular formula is C11H16ClF3N2O3S. The maximum Gasteiger partial charge on any atom is 0.390 e. The minimum Gasteiger partial charge on any atom is -0.372 e. The first-order chi connectivity index (χ1) is 9.54. The predicted octanol–water partition coefficient (Wildman–Crippen LogP) is 3.08. The van der Waals surface area contributed by atoms with Crippen molar-refractivity contribution < 1.29 is 26.3 Å². The van der Waals surface area contributed by atoms with Crippen LogP contribution in [0.15, 0.2) is 11.1 Å². The lowest BCUT2D eigenvalue weighted by molar-refractivity contribution is -0.137. The standard InChI is InChI=1S/C11H16ClF3N2O3S/c1-3-8(2)20-7-9-10(21(12,18)19)6-16-17(9)5-4-11(13,14)15/h6,8H,3-5,7H2,1-2H3. The molecule has 0 bridgehead atoms. The van der Waals surface area contributed by atoms with Crippen molar-refractivity contribution in [2.75, 3.05) is 0 Å². The van der Waals surface area contributed by atoms with Gasteiger partial charge in [0.05, 0.1) is 31.0 Å². The van der Waals surface area contributed by atoms with E-state index in [1.165, 1.54) is 0 Å². The zero-order valence-corrected chi connectivity index (χ0v) is 13.1. The van der Waals surface area contributed by atoms with Crippen molar-refractivity contribution in [3.63, 3.8) is 0 Å². The van der Waals surface area contributed by atoms with E-state index in [1.807, 2.05) is 6.92 Å². The van der Waals surface area contributed by atoms with Gasteiger partial charge >= 0.3 is 6.18 Å². The van der Waals surface area contributed by atoms with E-state index in [1.54, 1.807) is 6.92 Å². The maximum absolute atomic E-state index is 12.3. The fourth-order valence-corrected chi connectivity index (χ4v) is 2.51. The van der Waals surface area contributed by atoms with Gasteiger partial charge in [-0.15, -0.1) is 0 Å². The van der Waals surface area contributed by atoms with Gasteiger partial charge in [-0.3, -0.25) is 4.68 Å². The molecule has 10 heteroatoms. The topological polar surface area (TPSA) is 61.2 Å². The van der Waals surface area contributed by atoms with E-state index >= 15 is 0 Å². The van der Waals surface area contributed by atoms with Gasteiger partial charge < -0.3 is 4.74 Å². The molecule has 0 aliphatic rings. The van der Waals surface area contributed by atoms with Crippen molar-refractivity contribution in [1.82, 2.24) is 9.78 Å². The molecule has 0 aliphatic heterocycles. The molecular weight excluding hydrogens is 333 g/mol. The van der Waals surface area contributed by atoms with Crippen LogP contribution in [0.5, 0.6) is 0 Å². The van der Waals surface area contributed by atoms with Gasteiger partial charge in [0.2, 0.25) is 0 Å². The van der Waals surface area contributed by atoms with E-state index < -0.39 is 28.2 Å². The fraction of sp³-hybridized carbons (Fsp3) is 0.727. The molecule has 5 nitrogen and oxygen atoms in total. The Morgan fingerprint density at radius 3 is 2.57 bits per heavy atom. The number of hydrogen-bond donors (Lipinski definition) is 0. The average molecular weight is 349 g/mol. The number of halogens is 4. The molecule has 0 aliphatic carbocycles. The van der Waals surface area contributed by atoms with Crippen molar-refractivity contribution >= 4 is 19.7 Å². The molecule has 122 valence electrons. The number of aromatic nitrogens is 2. The zero-order chi connectivity index (χ0) is 16.3. The van der Waals surface area contributed by atoms with Gasteiger partial charge in [-0.25, -0.2) is 8.42 Å². The van der Waals surface area contributed by atoms with Crippen LogP contribution in [0.3, 0.4) is 0 Å². The third kappa shape index (κ3) is 5.84. The molecule has 0 fully saturated rings. The average Bonchev–Trinajstić information content (AvgIpc) is 2.75. The minimum atomic E-state index is -4.36. The fourth-order valence-electron chi connectivity index (χ4n) is 1.51. The summed E-state index contributed by atoms with van der Waals surface area (Å²) in [6.45, 7) is 2.97. The molecule has 0 amide bonds. The van der Waals surface area contributed by atoms with Gasteiger partial charge in [0.15, 0.2) is 0 Å². The SMILES string of the molecule is CCC(C)OCc1c(S(=O)(=O)Cl)cnn1CCC(F)(F)F. The largest absolute Gasteiger partial charge is 0.390 e. The zero-order valence-electron chi connectivity index (χ0n) is 11.5. The van der Waals surface area contributed by atoms with Crippen molar-refractivity contribution in [2.24, 2.45) is 0 Å². The van der Waals surface area contributed by atoms with Crippen LogP contribution in [-0.2, 0) is 26.9 Å². The van der Waals surface area contributed by atoms with Crippen LogP contribution < -0.4 is 0 Å². The molecule has 1 unspecified atom stereocenters. The van der Waals surface area contributed by atoms with Crippen LogP contribution in [0.2, 0.25) is 0 Å². The summed E-state index contributed by atoms with van der Waals surface area (Å²) >= 11 is 0. The first kappa shape index (κ1) is 18.2. The lowest BCUT2D eigenvalue weighted by Crippen LogP contribution is -2.17. The number of nitrogens with zero attached hydrogens (tertiary/aromatic N) is 2. The lowest BCUT2D eigenvalue weighted by Gasteiger charge is -2.14. The van der Waals surface area contributed by atoms with Crippen molar-refractivity contribution in [3.05, 3.63) is 11.9 Å². The highest BCUT2D eigenvalue weighted by Gasteiger charge is 2.29. The Bertz CT molecular complexity index is 572. The summed E-state index contributed by atoms with van der Waals surface area (Å²) in [6, 6.07) is 0. The molecule has 1 atom stereocenters. The second kappa shape index (κ2) is 6.97. The van der Waals surface area contributed by atoms with Crippen molar-refractivity contribution in [1.29, 1.82) is 0 Å². The van der Waals surface area contributed by atoms with E-state index in [0.29, 0.717) is 6.42 Å². The Hall–Kier alpha value is -0.800. The summed E-state index contributed by atoms with van der Waals surface area (Å²) in [6.07, 6.45) is -4.02. The molecule has 0 aromatic carbocycles. The van der Waals surface area contributed by atoms with Crippen molar-refractivity contribution in [3.8, 4) is 0 Å². The van der Waals surface area contributed by atoms with Gasteiger partial charge in [-0.05, 0) is 13.3 Å².